The lowest BCUT2D eigenvalue weighted by Gasteiger charge is -2.29. The van der Waals surface area contributed by atoms with Crippen molar-refractivity contribution < 1.29 is 27.5 Å². The van der Waals surface area contributed by atoms with Crippen molar-refractivity contribution in [3.05, 3.63) is 118 Å². The third kappa shape index (κ3) is 7.49. The molecule has 214 valence electrons. The molecule has 0 saturated carbocycles. The minimum atomic E-state index is -3.70. The summed E-state index contributed by atoms with van der Waals surface area (Å²) in [5.74, 6) is -1.05. The maximum Gasteiger partial charge on any atom is 0.335 e. The first kappa shape index (κ1) is 30.2. The zero-order valence-electron chi connectivity index (χ0n) is 22.2. The number of rotatable bonds is 12. The lowest BCUT2D eigenvalue weighted by Crippen LogP contribution is -2.33. The van der Waals surface area contributed by atoms with E-state index in [-0.39, 0.29) is 41.8 Å². The molecule has 0 fully saturated rings. The van der Waals surface area contributed by atoms with Crippen molar-refractivity contribution in [3.63, 3.8) is 0 Å². The van der Waals surface area contributed by atoms with Gasteiger partial charge in [-0.1, -0.05) is 35.3 Å². The Balaban J connectivity index is 1.61. The zero-order chi connectivity index (χ0) is 29.6. The van der Waals surface area contributed by atoms with Gasteiger partial charge in [0.2, 0.25) is 0 Å². The SMILES string of the molecule is CCN(CCS(=O)(=O)c1ccc(C(=O)O)cc1)c1ccc(Cl)cc1CN(Cc1ccco1)C(=O)c1ccccc1Cl. The number of furan rings is 1. The summed E-state index contributed by atoms with van der Waals surface area (Å²) in [5.41, 5.74) is 1.80. The lowest BCUT2D eigenvalue weighted by atomic mass is 10.1. The van der Waals surface area contributed by atoms with E-state index in [1.807, 2.05) is 11.8 Å². The predicted octanol–water partition coefficient (Wildman–Crippen LogP) is 6.43. The molecule has 1 N–H and O–H groups in total. The van der Waals surface area contributed by atoms with Crippen LogP contribution < -0.4 is 4.90 Å². The van der Waals surface area contributed by atoms with Crippen LogP contribution in [0.2, 0.25) is 10.0 Å². The highest BCUT2D eigenvalue weighted by atomic mass is 35.5. The van der Waals surface area contributed by atoms with E-state index < -0.39 is 15.8 Å². The molecule has 0 atom stereocenters. The highest BCUT2D eigenvalue weighted by molar-refractivity contribution is 7.91. The number of halogens is 2. The monoisotopic (exact) mass is 614 g/mol. The fourth-order valence-electron chi connectivity index (χ4n) is 4.39. The van der Waals surface area contributed by atoms with Crippen molar-refractivity contribution in [2.75, 3.05) is 23.7 Å². The van der Waals surface area contributed by atoms with Gasteiger partial charge in [0.15, 0.2) is 9.84 Å². The van der Waals surface area contributed by atoms with Gasteiger partial charge in [-0.25, -0.2) is 13.2 Å². The van der Waals surface area contributed by atoms with Crippen LogP contribution in [0.4, 0.5) is 5.69 Å². The Morgan fingerprint density at radius 1 is 0.927 bits per heavy atom. The highest BCUT2D eigenvalue weighted by Gasteiger charge is 2.23. The van der Waals surface area contributed by atoms with Gasteiger partial charge in [0.1, 0.15) is 5.76 Å². The van der Waals surface area contributed by atoms with Gasteiger partial charge in [-0.15, -0.1) is 0 Å². The summed E-state index contributed by atoms with van der Waals surface area (Å²) in [6.45, 7) is 2.88. The maximum atomic E-state index is 13.6. The standard InChI is InChI=1S/C30H28Cl2N2O6S/c1-2-33(15-17-41(38,39)25-12-9-21(10-13-25)30(36)37)28-14-11-23(31)18-22(28)19-34(20-24-6-5-16-40-24)29(35)26-7-3-4-8-27(26)32/h3-14,16,18H,2,15,17,19-20H2,1H3,(H,36,37). The lowest BCUT2D eigenvalue weighted by molar-refractivity contribution is 0.0694. The van der Waals surface area contributed by atoms with E-state index >= 15 is 0 Å². The summed E-state index contributed by atoms with van der Waals surface area (Å²) >= 11 is 12.7. The number of carbonyl (C=O) groups is 2. The van der Waals surface area contributed by atoms with E-state index in [4.69, 9.17) is 32.7 Å². The Kier molecular flexibility index (Phi) is 9.75. The van der Waals surface area contributed by atoms with Gasteiger partial charge in [-0.2, -0.15) is 0 Å². The van der Waals surface area contributed by atoms with Gasteiger partial charge in [-0.05, 0) is 79.2 Å². The van der Waals surface area contributed by atoms with E-state index in [2.05, 4.69) is 0 Å². The van der Waals surface area contributed by atoms with Crippen molar-refractivity contribution in [2.24, 2.45) is 0 Å². The first-order valence-corrected chi connectivity index (χ1v) is 15.2. The summed E-state index contributed by atoms with van der Waals surface area (Å²) in [7, 11) is -3.70. The van der Waals surface area contributed by atoms with Crippen molar-refractivity contribution in [2.45, 2.75) is 24.9 Å². The average molecular weight is 616 g/mol. The van der Waals surface area contributed by atoms with Gasteiger partial charge in [-0.3, -0.25) is 4.79 Å². The number of hydrogen-bond acceptors (Lipinski definition) is 6. The topological polar surface area (TPSA) is 108 Å². The Bertz CT molecular complexity index is 1620. The van der Waals surface area contributed by atoms with Gasteiger partial charge < -0.3 is 19.3 Å². The first-order valence-electron chi connectivity index (χ1n) is 12.7. The number of carboxylic acid groups (broad SMARTS) is 1. The summed E-state index contributed by atoms with van der Waals surface area (Å²) in [4.78, 5) is 28.3. The molecule has 1 heterocycles. The van der Waals surface area contributed by atoms with E-state index in [1.165, 1.54) is 30.5 Å². The minimum Gasteiger partial charge on any atom is -0.478 e. The molecule has 3 aromatic carbocycles. The molecule has 0 radical (unpaired) electrons. The fraction of sp³-hybridized carbons (Fsp3) is 0.200. The molecular weight excluding hydrogens is 587 g/mol. The number of hydrogen-bond donors (Lipinski definition) is 1. The molecule has 0 spiro atoms. The number of amides is 1. The van der Waals surface area contributed by atoms with Crippen LogP contribution in [0.15, 0.2) is 94.4 Å². The third-order valence-electron chi connectivity index (χ3n) is 6.53. The average Bonchev–Trinajstić information content (AvgIpc) is 3.47. The molecule has 8 nitrogen and oxygen atoms in total. The van der Waals surface area contributed by atoms with Crippen LogP contribution in [0, 0.1) is 0 Å². The van der Waals surface area contributed by atoms with E-state index in [9.17, 15) is 18.0 Å². The van der Waals surface area contributed by atoms with Crippen LogP contribution in [-0.2, 0) is 22.9 Å². The predicted molar refractivity (Wildman–Crippen MR) is 159 cm³/mol. The number of aromatic carboxylic acids is 1. The van der Waals surface area contributed by atoms with Crippen LogP contribution in [0.1, 0.15) is 39.0 Å². The van der Waals surface area contributed by atoms with Gasteiger partial charge in [0, 0.05) is 30.3 Å². The third-order valence-corrected chi connectivity index (χ3v) is 8.81. The molecule has 4 rings (SSSR count). The molecule has 1 aromatic heterocycles. The molecule has 0 unspecified atom stereocenters. The van der Waals surface area contributed by atoms with Gasteiger partial charge in [0.25, 0.3) is 5.91 Å². The normalized spacial score (nSPS) is 11.3. The highest BCUT2D eigenvalue weighted by Crippen LogP contribution is 2.28. The summed E-state index contributed by atoms with van der Waals surface area (Å²) in [6, 6.07) is 20.7. The Labute approximate surface area is 248 Å². The van der Waals surface area contributed by atoms with Crippen molar-refractivity contribution >= 4 is 50.6 Å². The van der Waals surface area contributed by atoms with E-state index in [1.54, 1.807) is 59.5 Å². The molecule has 4 aromatic rings. The van der Waals surface area contributed by atoms with Crippen molar-refractivity contribution in [3.8, 4) is 0 Å². The van der Waals surface area contributed by atoms with Crippen LogP contribution in [-0.4, -0.2) is 49.1 Å². The van der Waals surface area contributed by atoms with E-state index in [0.29, 0.717) is 27.9 Å². The van der Waals surface area contributed by atoms with Gasteiger partial charge in [0.05, 0.1) is 39.6 Å². The molecule has 0 aliphatic heterocycles. The zero-order valence-corrected chi connectivity index (χ0v) is 24.5. The summed E-state index contributed by atoms with van der Waals surface area (Å²) in [5, 5.41) is 9.89. The van der Waals surface area contributed by atoms with Crippen LogP contribution >= 0.6 is 23.2 Å². The van der Waals surface area contributed by atoms with Gasteiger partial charge >= 0.3 is 5.97 Å². The van der Waals surface area contributed by atoms with Crippen LogP contribution in [0.3, 0.4) is 0 Å². The largest absolute Gasteiger partial charge is 0.478 e. The number of benzene rings is 3. The molecule has 0 saturated heterocycles. The summed E-state index contributed by atoms with van der Waals surface area (Å²) < 4.78 is 31.6. The molecule has 11 heteroatoms. The second-order valence-electron chi connectivity index (χ2n) is 9.22. The number of sulfone groups is 1. The minimum absolute atomic E-state index is 0.00961. The fourth-order valence-corrected chi connectivity index (χ4v) is 6.05. The second-order valence-corrected chi connectivity index (χ2v) is 12.2. The Hall–Kier alpha value is -3.79. The van der Waals surface area contributed by atoms with Crippen molar-refractivity contribution in [1.82, 2.24) is 4.90 Å². The number of carbonyl (C=O) groups excluding carboxylic acids is 1. The van der Waals surface area contributed by atoms with Crippen molar-refractivity contribution in [1.29, 1.82) is 0 Å². The number of nitrogens with zero attached hydrogens (tertiary/aromatic N) is 2. The Morgan fingerprint density at radius 2 is 1.66 bits per heavy atom. The smallest absolute Gasteiger partial charge is 0.335 e. The molecule has 0 bridgehead atoms. The Morgan fingerprint density at radius 3 is 2.29 bits per heavy atom. The van der Waals surface area contributed by atoms with Crippen LogP contribution in [0.5, 0.6) is 0 Å². The van der Waals surface area contributed by atoms with Crippen LogP contribution in [0.25, 0.3) is 0 Å². The number of carboxylic acids is 1. The second kappa shape index (κ2) is 13.2. The quantitative estimate of drug-likeness (QED) is 0.196. The summed E-state index contributed by atoms with van der Waals surface area (Å²) in [6.07, 6.45) is 1.53. The maximum absolute atomic E-state index is 13.6. The molecule has 0 aliphatic carbocycles. The molecule has 41 heavy (non-hydrogen) atoms. The molecular formula is C30H28Cl2N2O6S. The molecule has 0 aliphatic rings. The molecule has 1 amide bonds. The first-order chi connectivity index (χ1) is 19.6. The number of anilines is 1. The van der Waals surface area contributed by atoms with E-state index in [0.717, 1.165) is 11.3 Å².